The van der Waals surface area contributed by atoms with Crippen molar-refractivity contribution in [3.05, 3.63) is 103 Å². The van der Waals surface area contributed by atoms with Crippen LogP contribution in [0.2, 0.25) is 10.0 Å². The van der Waals surface area contributed by atoms with Crippen LogP contribution in [-0.2, 0) is 16.1 Å². The van der Waals surface area contributed by atoms with E-state index in [-0.39, 0.29) is 45.2 Å². The zero-order chi connectivity index (χ0) is 25.8. The van der Waals surface area contributed by atoms with Crippen LogP contribution in [0, 0.1) is 15.9 Å². The molecule has 11 heteroatoms. The van der Waals surface area contributed by atoms with Gasteiger partial charge in [0.1, 0.15) is 12.4 Å². The molecule has 3 aromatic carbocycles. The Bertz CT molecular complexity index is 1420. The molecule has 0 bridgehead atoms. The van der Waals surface area contributed by atoms with Gasteiger partial charge in [0.25, 0.3) is 5.69 Å². The van der Waals surface area contributed by atoms with Crippen LogP contribution < -0.4 is 9.47 Å². The van der Waals surface area contributed by atoms with Crippen LogP contribution >= 0.6 is 23.2 Å². The standard InChI is InChI=1S/C25H17Cl2FN2O6/c1-2-34-22-11-14(9-19(27)23(22)35-13-15-5-3-4-6-20(15)28)10-21-25(31)36-24(29-21)17-8-7-16(30(32)33)12-18(17)26/h3-12H,2,13H2,1H3/b21-10-. The van der Waals surface area contributed by atoms with Crippen molar-refractivity contribution in [2.45, 2.75) is 13.5 Å². The zero-order valence-corrected chi connectivity index (χ0v) is 20.2. The fraction of sp³-hybridized carbons (Fsp3) is 0.120. The predicted molar refractivity (Wildman–Crippen MR) is 132 cm³/mol. The minimum absolute atomic E-state index is 0.00929. The number of halogens is 3. The van der Waals surface area contributed by atoms with E-state index in [9.17, 15) is 19.3 Å². The number of hydrogen-bond acceptors (Lipinski definition) is 7. The van der Waals surface area contributed by atoms with Gasteiger partial charge < -0.3 is 14.2 Å². The molecule has 0 spiro atoms. The van der Waals surface area contributed by atoms with Gasteiger partial charge in [-0.2, -0.15) is 0 Å². The molecule has 0 unspecified atom stereocenters. The summed E-state index contributed by atoms with van der Waals surface area (Å²) < 4.78 is 30.6. The molecule has 1 aliphatic heterocycles. The number of non-ortho nitro benzene ring substituents is 1. The SMILES string of the molecule is CCOc1cc(/C=C2\N=C(c3ccc([N+](=O)[O-])cc3Cl)OC2=O)cc(Cl)c1OCc1ccccc1F. The first-order valence-corrected chi connectivity index (χ1v) is 11.3. The molecule has 0 radical (unpaired) electrons. The number of nitrogens with zero attached hydrogens (tertiary/aromatic N) is 2. The van der Waals surface area contributed by atoms with Gasteiger partial charge >= 0.3 is 5.97 Å². The first-order valence-electron chi connectivity index (χ1n) is 10.6. The second-order valence-electron chi connectivity index (χ2n) is 7.40. The fourth-order valence-electron chi connectivity index (χ4n) is 3.31. The molecule has 0 amide bonds. The highest BCUT2D eigenvalue weighted by molar-refractivity contribution is 6.35. The van der Waals surface area contributed by atoms with Crippen LogP contribution in [0.25, 0.3) is 6.08 Å². The number of aliphatic imine (C=N–C) groups is 1. The van der Waals surface area contributed by atoms with Gasteiger partial charge in [-0.15, -0.1) is 0 Å². The fourth-order valence-corrected chi connectivity index (χ4v) is 3.84. The summed E-state index contributed by atoms with van der Waals surface area (Å²) in [5.74, 6) is -0.725. The number of hydrogen-bond donors (Lipinski definition) is 0. The largest absolute Gasteiger partial charge is 0.490 e. The number of rotatable bonds is 8. The molecule has 0 N–H and O–H groups in total. The summed E-state index contributed by atoms with van der Waals surface area (Å²) in [5, 5.41) is 11.1. The van der Waals surface area contributed by atoms with Crippen molar-refractivity contribution in [1.82, 2.24) is 0 Å². The van der Waals surface area contributed by atoms with Gasteiger partial charge in [-0.3, -0.25) is 10.1 Å². The molecule has 0 aromatic heterocycles. The van der Waals surface area contributed by atoms with Gasteiger partial charge in [-0.25, -0.2) is 14.2 Å². The monoisotopic (exact) mass is 530 g/mol. The molecule has 184 valence electrons. The minimum Gasteiger partial charge on any atom is -0.490 e. The molecule has 0 atom stereocenters. The Hall–Kier alpha value is -3.95. The first kappa shape index (κ1) is 25.2. The van der Waals surface area contributed by atoms with E-state index in [1.54, 1.807) is 31.2 Å². The third-order valence-corrected chi connectivity index (χ3v) is 5.57. The Morgan fingerprint density at radius 2 is 1.89 bits per heavy atom. The molecule has 1 aliphatic rings. The van der Waals surface area contributed by atoms with Gasteiger partial charge in [-0.05, 0) is 42.8 Å². The number of carbonyl (C=O) groups excluding carboxylic acids is 1. The van der Waals surface area contributed by atoms with E-state index >= 15 is 0 Å². The number of cyclic esters (lactones) is 1. The van der Waals surface area contributed by atoms with Crippen molar-refractivity contribution in [3.8, 4) is 11.5 Å². The maximum atomic E-state index is 14.0. The Labute approximate surface area is 214 Å². The van der Waals surface area contributed by atoms with E-state index < -0.39 is 16.7 Å². The number of nitro groups is 1. The normalized spacial score (nSPS) is 13.9. The lowest BCUT2D eigenvalue weighted by atomic mass is 10.1. The van der Waals surface area contributed by atoms with E-state index in [0.29, 0.717) is 23.5 Å². The maximum absolute atomic E-state index is 14.0. The molecule has 0 saturated heterocycles. The highest BCUT2D eigenvalue weighted by Crippen LogP contribution is 2.38. The molecule has 3 aromatic rings. The number of nitro benzene ring substituents is 1. The maximum Gasteiger partial charge on any atom is 0.363 e. The summed E-state index contributed by atoms with van der Waals surface area (Å²) in [5.41, 5.74) is 0.790. The van der Waals surface area contributed by atoms with E-state index in [2.05, 4.69) is 4.99 Å². The van der Waals surface area contributed by atoms with Gasteiger partial charge in [0, 0.05) is 17.7 Å². The smallest absolute Gasteiger partial charge is 0.363 e. The van der Waals surface area contributed by atoms with Crippen molar-refractivity contribution < 1.29 is 28.3 Å². The molecule has 4 rings (SSSR count). The quantitative estimate of drug-likeness (QED) is 0.145. The minimum atomic E-state index is -0.742. The van der Waals surface area contributed by atoms with Crippen LogP contribution in [0.1, 0.15) is 23.6 Å². The topological polar surface area (TPSA) is 100 Å². The number of ether oxygens (including phenoxy) is 3. The molecule has 0 fully saturated rings. The number of esters is 1. The first-order chi connectivity index (χ1) is 17.3. The van der Waals surface area contributed by atoms with Crippen molar-refractivity contribution in [2.75, 3.05) is 6.61 Å². The van der Waals surface area contributed by atoms with E-state index in [1.807, 2.05) is 0 Å². The second-order valence-corrected chi connectivity index (χ2v) is 8.21. The van der Waals surface area contributed by atoms with Crippen molar-refractivity contribution in [2.24, 2.45) is 4.99 Å². The molecule has 8 nitrogen and oxygen atoms in total. The Morgan fingerprint density at radius 1 is 1.11 bits per heavy atom. The summed E-state index contributed by atoms with van der Waals surface area (Å²) in [4.78, 5) is 26.9. The van der Waals surface area contributed by atoms with Crippen molar-refractivity contribution in [3.63, 3.8) is 0 Å². The summed E-state index contributed by atoms with van der Waals surface area (Å²) in [6, 6.07) is 13.1. The third kappa shape index (κ3) is 5.48. The Balaban J connectivity index is 1.63. The lowest BCUT2D eigenvalue weighted by Crippen LogP contribution is -2.06. The van der Waals surface area contributed by atoms with Crippen molar-refractivity contribution >= 4 is 46.8 Å². The van der Waals surface area contributed by atoms with Crippen LogP contribution in [-0.4, -0.2) is 23.4 Å². The number of benzene rings is 3. The summed E-state index contributed by atoms with van der Waals surface area (Å²) >= 11 is 12.6. The Morgan fingerprint density at radius 3 is 2.58 bits per heavy atom. The van der Waals surface area contributed by atoms with Crippen LogP contribution in [0.4, 0.5) is 10.1 Å². The highest BCUT2D eigenvalue weighted by Gasteiger charge is 2.27. The summed E-state index contributed by atoms with van der Waals surface area (Å²) in [6.45, 7) is 2.01. The highest BCUT2D eigenvalue weighted by atomic mass is 35.5. The van der Waals surface area contributed by atoms with Gasteiger partial charge in [0.05, 0.1) is 27.1 Å². The predicted octanol–water partition coefficient (Wildman–Crippen LogP) is 6.36. The van der Waals surface area contributed by atoms with Crippen LogP contribution in [0.3, 0.4) is 0 Å². The second kappa shape index (κ2) is 10.8. The molecule has 0 aliphatic carbocycles. The lowest BCUT2D eigenvalue weighted by molar-refractivity contribution is -0.384. The average molecular weight is 531 g/mol. The van der Waals surface area contributed by atoms with Crippen molar-refractivity contribution in [1.29, 1.82) is 0 Å². The molecular weight excluding hydrogens is 514 g/mol. The molecule has 36 heavy (non-hydrogen) atoms. The van der Waals surface area contributed by atoms with E-state index in [1.165, 1.54) is 30.3 Å². The number of carbonyl (C=O) groups is 1. The van der Waals surface area contributed by atoms with Crippen LogP contribution in [0.5, 0.6) is 11.5 Å². The Kier molecular flexibility index (Phi) is 7.52. The van der Waals surface area contributed by atoms with E-state index in [4.69, 9.17) is 37.4 Å². The van der Waals surface area contributed by atoms with Crippen LogP contribution in [0.15, 0.2) is 65.3 Å². The lowest BCUT2D eigenvalue weighted by Gasteiger charge is -2.15. The molecule has 0 saturated carbocycles. The summed E-state index contributed by atoms with van der Waals surface area (Å²) in [6.07, 6.45) is 1.43. The van der Waals surface area contributed by atoms with Gasteiger partial charge in [0.2, 0.25) is 5.90 Å². The summed E-state index contributed by atoms with van der Waals surface area (Å²) in [7, 11) is 0. The average Bonchev–Trinajstić information content (AvgIpc) is 3.19. The van der Waals surface area contributed by atoms with Gasteiger partial charge in [0.15, 0.2) is 17.2 Å². The van der Waals surface area contributed by atoms with E-state index in [0.717, 1.165) is 6.07 Å². The third-order valence-electron chi connectivity index (χ3n) is 4.98. The molecular formula is C25H17Cl2FN2O6. The van der Waals surface area contributed by atoms with Gasteiger partial charge in [-0.1, -0.05) is 41.4 Å². The zero-order valence-electron chi connectivity index (χ0n) is 18.7. The molecule has 1 heterocycles.